The van der Waals surface area contributed by atoms with Crippen molar-refractivity contribution in [3.05, 3.63) is 65.2 Å². The minimum atomic E-state index is -0.305. The van der Waals surface area contributed by atoms with E-state index in [2.05, 4.69) is 0 Å². The summed E-state index contributed by atoms with van der Waals surface area (Å²) in [7, 11) is 1.88. The lowest BCUT2D eigenvalue weighted by Gasteiger charge is -2.24. The lowest BCUT2D eigenvalue weighted by molar-refractivity contribution is 0.621. The highest BCUT2D eigenvalue weighted by atomic mass is 19.1. The van der Waals surface area contributed by atoms with E-state index in [0.717, 1.165) is 16.8 Å². The Bertz CT molecular complexity index is 597. The zero-order valence-corrected chi connectivity index (χ0v) is 11.6. The fourth-order valence-electron chi connectivity index (χ4n) is 2.23. The molecule has 0 aliphatic rings. The second-order valence-electron chi connectivity index (χ2n) is 4.98. The molecule has 2 rings (SSSR count). The molecule has 0 spiro atoms. The largest absolute Gasteiger partial charge is 0.370 e. The van der Waals surface area contributed by atoms with Gasteiger partial charge < -0.3 is 10.6 Å². The molecule has 0 unspecified atom stereocenters. The third kappa shape index (κ3) is 3.33. The fraction of sp³-hybridized carbons (Fsp3) is 0.250. The molecule has 2 N–H and O–H groups in total. The van der Waals surface area contributed by atoms with Crippen molar-refractivity contribution in [3.63, 3.8) is 0 Å². The highest BCUT2D eigenvalue weighted by molar-refractivity contribution is 5.54. The molecule has 0 heterocycles. The van der Waals surface area contributed by atoms with Crippen molar-refractivity contribution in [2.24, 2.45) is 5.73 Å². The van der Waals surface area contributed by atoms with Gasteiger partial charge in [-0.25, -0.2) is 8.78 Å². The number of nitrogens with two attached hydrogens (primary N) is 1. The molecule has 0 saturated heterocycles. The Kier molecular flexibility index (Phi) is 4.35. The molecule has 0 fully saturated rings. The Balaban J connectivity index is 2.27. The van der Waals surface area contributed by atoms with Crippen LogP contribution < -0.4 is 10.6 Å². The van der Waals surface area contributed by atoms with Crippen LogP contribution in [0.4, 0.5) is 14.5 Å². The van der Waals surface area contributed by atoms with Gasteiger partial charge in [0, 0.05) is 25.3 Å². The molecular weight excluding hydrogens is 258 g/mol. The van der Waals surface area contributed by atoms with E-state index >= 15 is 0 Å². The molecule has 106 valence electrons. The molecule has 2 aromatic carbocycles. The number of hydrogen-bond donors (Lipinski definition) is 1. The van der Waals surface area contributed by atoms with Crippen molar-refractivity contribution in [2.75, 3.05) is 11.9 Å². The zero-order valence-electron chi connectivity index (χ0n) is 11.6. The zero-order chi connectivity index (χ0) is 14.7. The van der Waals surface area contributed by atoms with E-state index in [1.165, 1.54) is 24.3 Å². The normalized spacial score (nSPS) is 12.2. The summed E-state index contributed by atoms with van der Waals surface area (Å²) in [4.78, 5) is 1.94. The number of anilines is 1. The Morgan fingerprint density at radius 2 is 1.80 bits per heavy atom. The van der Waals surface area contributed by atoms with Gasteiger partial charge in [-0.1, -0.05) is 12.1 Å². The molecule has 0 amide bonds. The lowest BCUT2D eigenvalue weighted by atomic mass is 10.1. The predicted octanol–water partition coefficient (Wildman–Crippen LogP) is 3.62. The first kappa shape index (κ1) is 14.5. The number of nitrogens with zero attached hydrogens (tertiary/aromatic N) is 1. The van der Waals surface area contributed by atoms with Gasteiger partial charge in [-0.05, 0) is 48.4 Å². The Hall–Kier alpha value is -1.94. The smallest absolute Gasteiger partial charge is 0.123 e. The van der Waals surface area contributed by atoms with E-state index in [1.54, 1.807) is 12.1 Å². The molecule has 4 heteroatoms. The first-order chi connectivity index (χ1) is 9.47. The van der Waals surface area contributed by atoms with Crippen LogP contribution in [0, 0.1) is 11.6 Å². The summed E-state index contributed by atoms with van der Waals surface area (Å²) in [5, 5.41) is 0. The van der Waals surface area contributed by atoms with Crippen molar-refractivity contribution in [3.8, 4) is 0 Å². The molecule has 0 aliphatic heterocycles. The summed E-state index contributed by atoms with van der Waals surface area (Å²) in [6.45, 7) is 2.34. The summed E-state index contributed by atoms with van der Waals surface area (Å²) in [5.41, 5.74) is 8.33. The quantitative estimate of drug-likeness (QED) is 0.924. The molecule has 0 aliphatic carbocycles. The molecule has 0 bridgehead atoms. The van der Waals surface area contributed by atoms with E-state index < -0.39 is 0 Å². The van der Waals surface area contributed by atoms with Crippen LogP contribution in [-0.2, 0) is 6.54 Å². The van der Waals surface area contributed by atoms with Gasteiger partial charge in [0.25, 0.3) is 0 Å². The van der Waals surface area contributed by atoms with Gasteiger partial charge in [0.2, 0.25) is 0 Å². The van der Waals surface area contributed by atoms with Crippen LogP contribution in [0.1, 0.15) is 24.1 Å². The topological polar surface area (TPSA) is 29.3 Å². The summed E-state index contributed by atoms with van der Waals surface area (Å²) in [6, 6.07) is 10.7. The van der Waals surface area contributed by atoms with Gasteiger partial charge in [0.05, 0.1) is 0 Å². The number of halogens is 2. The molecule has 2 nitrogen and oxygen atoms in total. The molecule has 0 radical (unpaired) electrons. The van der Waals surface area contributed by atoms with Crippen LogP contribution in [0.5, 0.6) is 0 Å². The maximum Gasteiger partial charge on any atom is 0.123 e. The average molecular weight is 276 g/mol. The van der Waals surface area contributed by atoms with E-state index in [9.17, 15) is 8.78 Å². The summed E-state index contributed by atoms with van der Waals surface area (Å²) < 4.78 is 26.5. The van der Waals surface area contributed by atoms with Gasteiger partial charge in [-0.3, -0.25) is 0 Å². The second kappa shape index (κ2) is 6.01. The van der Waals surface area contributed by atoms with Crippen molar-refractivity contribution in [1.29, 1.82) is 0 Å². The minimum absolute atomic E-state index is 0.262. The average Bonchev–Trinajstić information content (AvgIpc) is 2.38. The highest BCUT2D eigenvalue weighted by Crippen LogP contribution is 2.26. The van der Waals surface area contributed by atoms with Crippen molar-refractivity contribution < 1.29 is 8.78 Å². The summed E-state index contributed by atoms with van der Waals surface area (Å²) in [6.07, 6.45) is 0. The molecular formula is C16H18F2N2. The van der Waals surface area contributed by atoms with Crippen LogP contribution in [0.3, 0.4) is 0 Å². The molecule has 1 atom stereocenters. The third-order valence-electron chi connectivity index (χ3n) is 3.20. The first-order valence-electron chi connectivity index (χ1n) is 6.48. The van der Waals surface area contributed by atoms with Crippen molar-refractivity contribution in [2.45, 2.75) is 19.5 Å². The van der Waals surface area contributed by atoms with E-state index in [0.29, 0.717) is 6.54 Å². The highest BCUT2D eigenvalue weighted by Gasteiger charge is 2.12. The second-order valence-corrected chi connectivity index (χ2v) is 4.98. The van der Waals surface area contributed by atoms with Crippen LogP contribution in [0.25, 0.3) is 0 Å². The maximum atomic E-state index is 13.3. The molecule has 0 aromatic heterocycles. The number of benzene rings is 2. The monoisotopic (exact) mass is 276 g/mol. The van der Waals surface area contributed by atoms with Crippen LogP contribution >= 0.6 is 0 Å². The van der Waals surface area contributed by atoms with Crippen LogP contribution in [0.2, 0.25) is 0 Å². The molecule has 2 aromatic rings. The van der Waals surface area contributed by atoms with Gasteiger partial charge in [0.15, 0.2) is 0 Å². The standard InChI is InChI=1S/C16H18F2N2/c1-11(19)15-9-14(18)6-7-16(15)20(2)10-12-4-3-5-13(17)8-12/h3-9,11H,10,19H2,1-2H3/t11-/m1/s1. The number of hydrogen-bond acceptors (Lipinski definition) is 2. The Morgan fingerprint density at radius 1 is 1.10 bits per heavy atom. The Labute approximate surface area is 117 Å². The van der Waals surface area contributed by atoms with Gasteiger partial charge in [0.1, 0.15) is 11.6 Å². The number of rotatable bonds is 4. The van der Waals surface area contributed by atoms with Crippen molar-refractivity contribution in [1.82, 2.24) is 0 Å². The fourth-order valence-corrected chi connectivity index (χ4v) is 2.23. The SMILES string of the molecule is C[C@@H](N)c1cc(F)ccc1N(C)Cc1cccc(F)c1. The van der Waals surface area contributed by atoms with E-state index in [-0.39, 0.29) is 17.7 Å². The van der Waals surface area contributed by atoms with Gasteiger partial charge in [-0.2, -0.15) is 0 Å². The van der Waals surface area contributed by atoms with Gasteiger partial charge >= 0.3 is 0 Å². The summed E-state index contributed by atoms with van der Waals surface area (Å²) in [5.74, 6) is -0.567. The summed E-state index contributed by atoms with van der Waals surface area (Å²) >= 11 is 0. The van der Waals surface area contributed by atoms with Crippen LogP contribution in [0.15, 0.2) is 42.5 Å². The third-order valence-corrected chi connectivity index (χ3v) is 3.20. The molecule has 0 saturated carbocycles. The Morgan fingerprint density at radius 3 is 2.45 bits per heavy atom. The van der Waals surface area contributed by atoms with Crippen molar-refractivity contribution >= 4 is 5.69 Å². The van der Waals surface area contributed by atoms with Gasteiger partial charge in [-0.15, -0.1) is 0 Å². The van der Waals surface area contributed by atoms with E-state index in [4.69, 9.17) is 5.73 Å². The maximum absolute atomic E-state index is 13.3. The molecule has 20 heavy (non-hydrogen) atoms. The predicted molar refractivity (Wildman–Crippen MR) is 77.5 cm³/mol. The van der Waals surface area contributed by atoms with Crippen LogP contribution in [-0.4, -0.2) is 7.05 Å². The van der Waals surface area contributed by atoms with E-state index in [1.807, 2.05) is 24.9 Å². The lowest BCUT2D eigenvalue weighted by Crippen LogP contribution is -2.20. The first-order valence-corrected chi connectivity index (χ1v) is 6.48. The minimum Gasteiger partial charge on any atom is -0.370 e.